The third kappa shape index (κ3) is 5.65. The van der Waals surface area contributed by atoms with Gasteiger partial charge in [-0.3, -0.25) is 14.0 Å². The van der Waals surface area contributed by atoms with Crippen LogP contribution in [0.2, 0.25) is 0 Å². The third-order valence-corrected chi connectivity index (χ3v) is 7.10. The number of rotatable bonds is 9. The Hall–Kier alpha value is -5.21. The number of pyridine rings is 1. The normalized spacial score (nSPS) is 13.7. The molecule has 1 atom stereocenters. The Morgan fingerprint density at radius 3 is 2.77 bits per heavy atom. The first-order valence-corrected chi connectivity index (χ1v) is 13.4. The zero-order valence-corrected chi connectivity index (χ0v) is 22.9. The molecule has 14 heteroatoms. The molecule has 0 amide bonds. The standard InChI is InChI=1S/C29H27FN8O5/c1-37-12-18(11-32-37)33-29-35-25(34-28(31)36-29)19-3-2-4-22(20(19)14-43-27(42)23(40)13-39)38-8-7-16-9-17(15-5-6-15)10-21(30)24(16)26(38)41/h2-4,7-12,15,23,39-40H,5-6,13-14H2,1H3,(H3,31,33,34,35,36)/t23-/m0/s1. The van der Waals surface area contributed by atoms with Gasteiger partial charge >= 0.3 is 5.97 Å². The van der Waals surface area contributed by atoms with Gasteiger partial charge in [0.2, 0.25) is 11.9 Å². The molecule has 2 aromatic carbocycles. The van der Waals surface area contributed by atoms with Gasteiger partial charge in [0.15, 0.2) is 11.9 Å². The van der Waals surface area contributed by atoms with E-state index in [2.05, 4.69) is 25.4 Å². The molecule has 0 spiro atoms. The van der Waals surface area contributed by atoms with Crippen molar-refractivity contribution in [2.24, 2.45) is 7.05 Å². The maximum absolute atomic E-state index is 15.3. The number of nitrogen functional groups attached to an aromatic ring is 1. The number of hydrogen-bond donors (Lipinski definition) is 4. The average molecular weight is 587 g/mol. The van der Waals surface area contributed by atoms with Crippen LogP contribution in [0.15, 0.2) is 59.8 Å². The van der Waals surface area contributed by atoms with Gasteiger partial charge < -0.3 is 26.0 Å². The van der Waals surface area contributed by atoms with Crippen molar-refractivity contribution in [1.29, 1.82) is 0 Å². The number of ether oxygens (including phenoxy) is 1. The van der Waals surface area contributed by atoms with E-state index in [-0.39, 0.29) is 34.4 Å². The molecule has 3 aromatic heterocycles. The monoisotopic (exact) mass is 586 g/mol. The summed E-state index contributed by atoms with van der Waals surface area (Å²) in [6.45, 7) is -1.29. The highest BCUT2D eigenvalue weighted by molar-refractivity contribution is 5.84. The molecule has 0 radical (unpaired) electrons. The number of nitrogens with zero attached hydrogens (tertiary/aromatic N) is 6. The number of aromatic nitrogens is 6. The molecular formula is C29H27FN8O5. The van der Waals surface area contributed by atoms with Crippen molar-refractivity contribution in [1.82, 2.24) is 29.3 Å². The van der Waals surface area contributed by atoms with Crippen molar-refractivity contribution in [2.75, 3.05) is 17.7 Å². The molecule has 0 bridgehead atoms. The van der Waals surface area contributed by atoms with Crippen LogP contribution >= 0.6 is 0 Å². The van der Waals surface area contributed by atoms with Gasteiger partial charge in [-0.05, 0) is 47.9 Å². The van der Waals surface area contributed by atoms with E-state index in [1.165, 1.54) is 16.8 Å². The number of fused-ring (bicyclic) bond motifs is 1. The van der Waals surface area contributed by atoms with E-state index in [9.17, 15) is 19.8 Å². The largest absolute Gasteiger partial charge is 0.459 e. The molecule has 5 N–H and O–H groups in total. The number of carbonyl (C=O) groups is 1. The van der Waals surface area contributed by atoms with Crippen LogP contribution in [0.25, 0.3) is 27.8 Å². The second-order valence-electron chi connectivity index (χ2n) is 10.2. The highest BCUT2D eigenvalue weighted by atomic mass is 19.1. The number of nitrogens with one attached hydrogen (secondary N) is 1. The van der Waals surface area contributed by atoms with E-state index in [0.29, 0.717) is 22.6 Å². The summed E-state index contributed by atoms with van der Waals surface area (Å²) in [6.07, 6.45) is 5.00. The first kappa shape index (κ1) is 27.9. The summed E-state index contributed by atoms with van der Waals surface area (Å²) < 4.78 is 23.4. The van der Waals surface area contributed by atoms with E-state index in [4.69, 9.17) is 10.5 Å². The molecule has 0 saturated heterocycles. The molecule has 43 heavy (non-hydrogen) atoms. The highest BCUT2D eigenvalue weighted by Crippen LogP contribution is 2.41. The first-order valence-electron chi connectivity index (χ1n) is 13.4. The number of aliphatic hydroxyl groups excluding tert-OH is 2. The van der Waals surface area contributed by atoms with Gasteiger partial charge in [0, 0.05) is 30.6 Å². The highest BCUT2D eigenvalue weighted by Gasteiger charge is 2.26. The number of aryl methyl sites for hydroxylation is 1. The fourth-order valence-corrected chi connectivity index (χ4v) is 4.85. The zero-order valence-electron chi connectivity index (χ0n) is 22.9. The van der Waals surface area contributed by atoms with Crippen molar-refractivity contribution in [3.8, 4) is 17.1 Å². The van der Waals surface area contributed by atoms with Crippen LogP contribution in [0.4, 0.5) is 22.0 Å². The third-order valence-electron chi connectivity index (χ3n) is 7.10. The average Bonchev–Trinajstić information content (AvgIpc) is 3.76. The van der Waals surface area contributed by atoms with E-state index < -0.39 is 36.7 Å². The molecule has 1 fully saturated rings. The lowest BCUT2D eigenvalue weighted by Crippen LogP contribution is -2.27. The number of halogens is 1. The minimum Gasteiger partial charge on any atom is -0.459 e. The van der Waals surface area contributed by atoms with E-state index in [1.807, 2.05) is 6.07 Å². The number of aliphatic hydroxyl groups is 2. The minimum atomic E-state index is -1.77. The van der Waals surface area contributed by atoms with Crippen molar-refractivity contribution in [3.05, 3.63) is 82.3 Å². The molecule has 0 unspecified atom stereocenters. The second-order valence-corrected chi connectivity index (χ2v) is 10.2. The number of esters is 1. The van der Waals surface area contributed by atoms with Gasteiger partial charge in [0.05, 0.1) is 29.6 Å². The molecule has 220 valence electrons. The summed E-state index contributed by atoms with van der Waals surface area (Å²) in [5.41, 5.74) is 7.68. The lowest BCUT2D eigenvalue weighted by atomic mass is 10.0. The number of carbonyl (C=O) groups excluding carboxylic acids is 1. The maximum Gasteiger partial charge on any atom is 0.337 e. The fourth-order valence-electron chi connectivity index (χ4n) is 4.85. The van der Waals surface area contributed by atoms with Gasteiger partial charge in [-0.2, -0.15) is 20.1 Å². The van der Waals surface area contributed by atoms with Crippen LogP contribution in [0.5, 0.6) is 0 Å². The maximum atomic E-state index is 15.3. The van der Waals surface area contributed by atoms with Crippen LogP contribution in [0.3, 0.4) is 0 Å². The molecule has 13 nitrogen and oxygen atoms in total. The van der Waals surface area contributed by atoms with Gasteiger partial charge in [0.1, 0.15) is 12.4 Å². The first-order chi connectivity index (χ1) is 20.7. The quantitative estimate of drug-likeness (QED) is 0.186. The van der Waals surface area contributed by atoms with Gasteiger partial charge in [-0.1, -0.05) is 18.2 Å². The second kappa shape index (κ2) is 11.2. The molecule has 1 aliphatic rings. The molecule has 0 aliphatic heterocycles. The van der Waals surface area contributed by atoms with Crippen LogP contribution in [-0.2, 0) is 23.2 Å². The Morgan fingerprint density at radius 1 is 1.23 bits per heavy atom. The molecular weight excluding hydrogens is 559 g/mol. The summed E-state index contributed by atoms with van der Waals surface area (Å²) in [5.74, 6) is -1.32. The number of benzene rings is 2. The zero-order chi connectivity index (χ0) is 30.2. The molecule has 1 aliphatic carbocycles. The summed E-state index contributed by atoms with van der Waals surface area (Å²) >= 11 is 0. The molecule has 6 rings (SSSR count). The number of hydrogen-bond acceptors (Lipinski definition) is 11. The molecule has 3 heterocycles. The van der Waals surface area contributed by atoms with Crippen LogP contribution in [0, 0.1) is 5.82 Å². The van der Waals surface area contributed by atoms with Crippen molar-refractivity contribution < 1.29 is 24.1 Å². The van der Waals surface area contributed by atoms with E-state index in [1.54, 1.807) is 48.4 Å². The predicted molar refractivity (Wildman–Crippen MR) is 154 cm³/mol. The van der Waals surface area contributed by atoms with Gasteiger partial charge in [0.25, 0.3) is 5.56 Å². The Balaban J connectivity index is 1.48. The van der Waals surface area contributed by atoms with Gasteiger partial charge in [-0.15, -0.1) is 0 Å². The van der Waals surface area contributed by atoms with E-state index in [0.717, 1.165) is 18.4 Å². The predicted octanol–water partition coefficient (Wildman–Crippen LogP) is 2.31. The summed E-state index contributed by atoms with van der Waals surface area (Å²) in [6, 6.07) is 9.76. The van der Waals surface area contributed by atoms with Crippen LogP contribution in [-0.4, -0.2) is 58.2 Å². The number of nitrogens with two attached hydrogens (primary N) is 1. The Kier molecular flexibility index (Phi) is 7.29. The van der Waals surface area contributed by atoms with Crippen LogP contribution in [0.1, 0.15) is 29.9 Å². The fraction of sp³-hybridized carbons (Fsp3) is 0.241. The van der Waals surface area contributed by atoms with Crippen molar-refractivity contribution in [2.45, 2.75) is 31.5 Å². The Morgan fingerprint density at radius 2 is 2.05 bits per heavy atom. The Labute approximate surface area is 243 Å². The lowest BCUT2D eigenvalue weighted by Gasteiger charge is -2.18. The lowest BCUT2D eigenvalue weighted by molar-refractivity contribution is -0.156. The summed E-state index contributed by atoms with van der Waals surface area (Å²) in [5, 5.41) is 26.4. The molecule has 5 aromatic rings. The topological polar surface area (TPSA) is 183 Å². The van der Waals surface area contributed by atoms with E-state index >= 15 is 4.39 Å². The van der Waals surface area contributed by atoms with Crippen molar-refractivity contribution >= 4 is 34.3 Å². The minimum absolute atomic E-state index is 0.0803. The van der Waals surface area contributed by atoms with Crippen molar-refractivity contribution in [3.63, 3.8) is 0 Å². The number of anilines is 3. The van der Waals surface area contributed by atoms with Gasteiger partial charge in [-0.25, -0.2) is 9.18 Å². The summed E-state index contributed by atoms with van der Waals surface area (Å²) in [4.78, 5) is 38.9. The summed E-state index contributed by atoms with van der Waals surface area (Å²) in [7, 11) is 1.75. The van der Waals surface area contributed by atoms with Crippen LogP contribution < -0.4 is 16.6 Å². The Bertz CT molecular complexity index is 1920. The SMILES string of the molecule is Cn1cc(Nc2nc(N)nc(-c3cccc(-n4ccc5cc(C6CC6)cc(F)c5c4=O)c3COC(=O)[C@@H](O)CO)n2)cn1. The smallest absolute Gasteiger partial charge is 0.337 e. The molecule has 1 saturated carbocycles.